The van der Waals surface area contributed by atoms with Crippen LogP contribution >= 0.6 is 0 Å². The molecule has 3 aromatic rings. The van der Waals surface area contributed by atoms with E-state index in [4.69, 9.17) is 4.42 Å². The molecule has 0 aliphatic rings. The molecule has 1 aromatic heterocycles. The smallest absolute Gasteiger partial charge is 0.309 e. The summed E-state index contributed by atoms with van der Waals surface area (Å²) in [4.78, 5) is 12.6. The van der Waals surface area contributed by atoms with Gasteiger partial charge in [-0.25, -0.2) is 12.7 Å². The molecule has 0 unspecified atom stereocenters. The summed E-state index contributed by atoms with van der Waals surface area (Å²) in [6.45, 7) is 3.96. The van der Waals surface area contributed by atoms with Gasteiger partial charge in [0, 0.05) is 19.7 Å². The molecular weight excluding hydrogens is 404 g/mol. The molecule has 30 heavy (non-hydrogen) atoms. The van der Waals surface area contributed by atoms with Gasteiger partial charge in [-0.05, 0) is 48.7 Å². The average Bonchev–Trinajstić information content (AvgIpc) is 3.24. The molecule has 0 bridgehead atoms. The third-order valence-corrected chi connectivity index (χ3v) is 6.56. The number of aromatic nitrogens is 2. The van der Waals surface area contributed by atoms with Crippen LogP contribution in [-0.2, 0) is 16.4 Å². The number of hydrogen-bond donors (Lipinski definition) is 1. The number of hydrogen-bond acceptors (Lipinski definition) is 6. The third kappa shape index (κ3) is 4.58. The van der Waals surface area contributed by atoms with E-state index in [0.717, 1.165) is 16.3 Å². The normalized spacial score (nSPS) is 12.7. The van der Waals surface area contributed by atoms with Crippen LogP contribution in [0.5, 0.6) is 0 Å². The summed E-state index contributed by atoms with van der Waals surface area (Å²) in [5, 5.41) is 10.5. The Kier molecular flexibility index (Phi) is 6.33. The second-order valence-corrected chi connectivity index (χ2v) is 9.17. The summed E-state index contributed by atoms with van der Waals surface area (Å²) < 4.78 is 30.9. The first-order chi connectivity index (χ1) is 14.2. The van der Waals surface area contributed by atoms with Crippen LogP contribution in [-0.4, -0.2) is 42.9 Å². The lowest BCUT2D eigenvalue weighted by atomic mass is 10.1. The number of sulfonamides is 1. The number of nitrogens with zero attached hydrogens (tertiary/aromatic N) is 3. The van der Waals surface area contributed by atoms with Crippen LogP contribution in [0.4, 0.5) is 0 Å². The Morgan fingerprint density at radius 1 is 1.07 bits per heavy atom. The van der Waals surface area contributed by atoms with Crippen molar-refractivity contribution in [1.29, 1.82) is 0 Å². The predicted molar refractivity (Wildman–Crippen MR) is 112 cm³/mol. The number of carbonyl (C=O) groups excluding carboxylic acids is 1. The number of rotatable bonds is 7. The van der Waals surface area contributed by atoms with Crippen LogP contribution in [0.25, 0.3) is 11.5 Å². The molecule has 158 valence electrons. The van der Waals surface area contributed by atoms with Gasteiger partial charge in [0.15, 0.2) is 0 Å². The molecule has 1 N–H and O–H groups in total. The van der Waals surface area contributed by atoms with E-state index in [1.54, 1.807) is 12.1 Å². The molecular formula is C21H24N4O4S. The summed E-state index contributed by atoms with van der Waals surface area (Å²) >= 11 is 0. The Morgan fingerprint density at radius 3 is 2.27 bits per heavy atom. The molecule has 0 saturated carbocycles. The highest BCUT2D eigenvalue weighted by atomic mass is 32.2. The lowest BCUT2D eigenvalue weighted by molar-refractivity contribution is 0.0905. The van der Waals surface area contributed by atoms with Gasteiger partial charge in [-0.3, -0.25) is 4.79 Å². The summed E-state index contributed by atoms with van der Waals surface area (Å²) in [5.41, 5.74) is 2.71. The van der Waals surface area contributed by atoms with E-state index < -0.39 is 15.9 Å². The fourth-order valence-corrected chi connectivity index (χ4v) is 3.70. The number of benzene rings is 2. The molecule has 8 nitrogen and oxygen atoms in total. The van der Waals surface area contributed by atoms with E-state index in [2.05, 4.69) is 22.4 Å². The Hall–Kier alpha value is -3.04. The molecule has 0 fully saturated rings. The van der Waals surface area contributed by atoms with Crippen LogP contribution in [0.2, 0.25) is 0 Å². The van der Waals surface area contributed by atoms with Gasteiger partial charge in [0.2, 0.25) is 15.9 Å². The van der Waals surface area contributed by atoms with Gasteiger partial charge in [-0.1, -0.05) is 31.2 Å². The first-order valence-corrected chi connectivity index (χ1v) is 10.9. The number of aryl methyl sites for hydroxylation is 1. The van der Waals surface area contributed by atoms with Crippen molar-refractivity contribution in [3.63, 3.8) is 0 Å². The Morgan fingerprint density at radius 2 is 1.70 bits per heavy atom. The quantitative estimate of drug-likeness (QED) is 0.620. The van der Waals surface area contributed by atoms with Crippen LogP contribution in [0.3, 0.4) is 0 Å². The average molecular weight is 429 g/mol. The van der Waals surface area contributed by atoms with Gasteiger partial charge in [0.1, 0.15) is 0 Å². The van der Waals surface area contributed by atoms with Crippen LogP contribution in [0.15, 0.2) is 57.8 Å². The number of nitrogens with one attached hydrogen (secondary N) is 1. The van der Waals surface area contributed by atoms with Crippen molar-refractivity contribution in [2.24, 2.45) is 0 Å². The molecule has 0 aliphatic carbocycles. The zero-order chi connectivity index (χ0) is 21.9. The molecule has 1 atom stereocenters. The minimum atomic E-state index is -3.53. The van der Waals surface area contributed by atoms with Gasteiger partial charge in [-0.15, -0.1) is 10.2 Å². The van der Waals surface area contributed by atoms with E-state index in [9.17, 15) is 13.2 Å². The topological polar surface area (TPSA) is 105 Å². The fourth-order valence-electron chi connectivity index (χ4n) is 2.80. The zero-order valence-corrected chi connectivity index (χ0v) is 18.1. The van der Waals surface area contributed by atoms with Crippen LogP contribution in [0.1, 0.15) is 41.7 Å². The highest BCUT2D eigenvalue weighted by molar-refractivity contribution is 7.89. The molecule has 9 heteroatoms. The van der Waals surface area contributed by atoms with E-state index in [1.165, 1.54) is 31.8 Å². The van der Waals surface area contributed by atoms with Gasteiger partial charge in [0.05, 0.1) is 10.9 Å². The molecule has 1 amide bonds. The predicted octanol–water partition coefficient (Wildman–Crippen LogP) is 3.04. The Labute approximate surface area is 176 Å². The van der Waals surface area contributed by atoms with Gasteiger partial charge in [-0.2, -0.15) is 0 Å². The molecule has 2 aromatic carbocycles. The van der Waals surface area contributed by atoms with E-state index in [1.807, 2.05) is 31.2 Å². The number of amides is 1. The maximum absolute atomic E-state index is 12.5. The summed E-state index contributed by atoms with van der Waals surface area (Å²) in [7, 11) is -0.599. The van der Waals surface area contributed by atoms with Gasteiger partial charge in [0.25, 0.3) is 0 Å². The highest BCUT2D eigenvalue weighted by Gasteiger charge is 2.20. The van der Waals surface area contributed by atoms with Crippen molar-refractivity contribution in [3.8, 4) is 11.5 Å². The minimum Gasteiger partial charge on any atom is -0.412 e. The largest absolute Gasteiger partial charge is 0.412 e. The summed E-state index contributed by atoms with van der Waals surface area (Å²) in [6, 6.07) is 13.8. The zero-order valence-electron chi connectivity index (χ0n) is 17.3. The van der Waals surface area contributed by atoms with Crippen molar-refractivity contribution < 1.29 is 17.6 Å². The van der Waals surface area contributed by atoms with E-state index in [-0.39, 0.29) is 22.7 Å². The van der Waals surface area contributed by atoms with Crippen LogP contribution < -0.4 is 5.32 Å². The first kappa shape index (κ1) is 21.7. The van der Waals surface area contributed by atoms with E-state index in [0.29, 0.717) is 5.56 Å². The van der Waals surface area contributed by atoms with Gasteiger partial charge < -0.3 is 9.73 Å². The van der Waals surface area contributed by atoms with Crippen molar-refractivity contribution in [2.75, 3.05) is 14.1 Å². The molecule has 0 radical (unpaired) electrons. The maximum Gasteiger partial charge on any atom is 0.309 e. The monoisotopic (exact) mass is 428 g/mol. The van der Waals surface area contributed by atoms with Crippen molar-refractivity contribution in [3.05, 3.63) is 65.5 Å². The SMILES string of the molecule is CCc1ccc([C@H](C)NC(=O)c2nnc(-c3ccc(S(=O)(=O)N(C)C)cc3)o2)cc1. The van der Waals surface area contributed by atoms with Crippen molar-refractivity contribution in [1.82, 2.24) is 19.8 Å². The Bertz CT molecular complexity index is 1120. The lowest BCUT2D eigenvalue weighted by Gasteiger charge is -2.13. The molecule has 0 spiro atoms. The van der Waals surface area contributed by atoms with E-state index >= 15 is 0 Å². The lowest BCUT2D eigenvalue weighted by Crippen LogP contribution is -2.26. The standard InChI is InChI=1S/C21H24N4O4S/c1-5-15-6-8-16(9-7-15)14(2)22-19(26)21-24-23-20(29-21)17-10-12-18(13-11-17)30(27,28)25(3)4/h6-14H,5H2,1-4H3,(H,22,26)/t14-/m0/s1. The second-order valence-electron chi connectivity index (χ2n) is 7.01. The van der Waals surface area contributed by atoms with Crippen LogP contribution in [0, 0.1) is 0 Å². The fraction of sp³-hybridized carbons (Fsp3) is 0.286. The molecule has 0 saturated heterocycles. The van der Waals surface area contributed by atoms with Crippen molar-refractivity contribution >= 4 is 15.9 Å². The third-order valence-electron chi connectivity index (χ3n) is 4.73. The molecule has 3 rings (SSSR count). The Balaban J connectivity index is 1.71. The maximum atomic E-state index is 12.5. The molecule has 0 aliphatic heterocycles. The van der Waals surface area contributed by atoms with Crippen molar-refractivity contribution in [2.45, 2.75) is 31.2 Å². The van der Waals surface area contributed by atoms with Gasteiger partial charge >= 0.3 is 11.8 Å². The highest BCUT2D eigenvalue weighted by Crippen LogP contribution is 2.22. The number of carbonyl (C=O) groups is 1. The first-order valence-electron chi connectivity index (χ1n) is 9.48. The summed E-state index contributed by atoms with van der Waals surface area (Å²) in [6.07, 6.45) is 0.952. The minimum absolute atomic E-state index is 0.133. The summed E-state index contributed by atoms with van der Waals surface area (Å²) in [5.74, 6) is -0.506. The second kappa shape index (κ2) is 8.76. The molecule has 1 heterocycles.